The summed E-state index contributed by atoms with van der Waals surface area (Å²) >= 11 is 0. The molecule has 0 aliphatic carbocycles. The standard InChI is InChI=1S/C29H23FN2O4/c1-17-7-10-21(11-8-17)31-29(35)32-26-14-19(23-15-20(30)9-12-22(23)28(33)34)13-24-25(16-36-27(24)26)18-5-3-2-4-6-18/h2-15,25H,16H2,1H3,(H,33,34)(H2,31,32,35). The van der Waals surface area contributed by atoms with Crippen molar-refractivity contribution in [2.75, 3.05) is 17.2 Å². The number of amides is 2. The number of aromatic carboxylic acids is 1. The number of nitrogens with one attached hydrogen (secondary N) is 2. The average Bonchev–Trinajstić information content (AvgIpc) is 3.30. The van der Waals surface area contributed by atoms with Crippen molar-refractivity contribution in [1.29, 1.82) is 0 Å². The molecule has 6 nitrogen and oxygen atoms in total. The van der Waals surface area contributed by atoms with Crippen LogP contribution in [0, 0.1) is 12.7 Å². The molecule has 0 bridgehead atoms. The van der Waals surface area contributed by atoms with Gasteiger partial charge in [0.05, 0.1) is 17.9 Å². The summed E-state index contributed by atoms with van der Waals surface area (Å²) in [5.74, 6) is -1.37. The maximum atomic E-state index is 14.2. The van der Waals surface area contributed by atoms with Gasteiger partial charge in [0.2, 0.25) is 0 Å². The van der Waals surface area contributed by atoms with Crippen LogP contribution in [0.25, 0.3) is 11.1 Å². The minimum atomic E-state index is -1.17. The van der Waals surface area contributed by atoms with Crippen LogP contribution in [-0.4, -0.2) is 23.7 Å². The van der Waals surface area contributed by atoms with Crippen molar-refractivity contribution in [3.8, 4) is 16.9 Å². The highest BCUT2D eigenvalue weighted by atomic mass is 19.1. The van der Waals surface area contributed by atoms with Crippen LogP contribution in [0.2, 0.25) is 0 Å². The van der Waals surface area contributed by atoms with E-state index in [1.807, 2.05) is 55.5 Å². The number of benzene rings is 4. The van der Waals surface area contributed by atoms with E-state index in [0.717, 1.165) is 22.8 Å². The molecule has 5 rings (SSSR count). The molecule has 180 valence electrons. The van der Waals surface area contributed by atoms with Crippen molar-refractivity contribution in [2.24, 2.45) is 0 Å². The van der Waals surface area contributed by atoms with E-state index in [1.54, 1.807) is 18.2 Å². The van der Waals surface area contributed by atoms with Crippen molar-refractivity contribution in [3.05, 3.63) is 113 Å². The molecule has 0 fully saturated rings. The Morgan fingerprint density at radius 3 is 2.42 bits per heavy atom. The largest absolute Gasteiger partial charge is 0.490 e. The molecule has 1 heterocycles. The van der Waals surface area contributed by atoms with Gasteiger partial charge < -0.3 is 20.5 Å². The summed E-state index contributed by atoms with van der Waals surface area (Å²) in [4.78, 5) is 24.8. The summed E-state index contributed by atoms with van der Waals surface area (Å²) in [5, 5.41) is 15.3. The van der Waals surface area contributed by atoms with Gasteiger partial charge in [0.25, 0.3) is 0 Å². The molecule has 0 saturated carbocycles. The zero-order chi connectivity index (χ0) is 25.2. The fraction of sp³-hybridized carbons (Fsp3) is 0.103. The number of hydrogen-bond acceptors (Lipinski definition) is 3. The minimum absolute atomic E-state index is 0.0402. The Balaban J connectivity index is 1.59. The maximum Gasteiger partial charge on any atom is 0.336 e. The fourth-order valence-corrected chi connectivity index (χ4v) is 4.40. The first-order valence-electron chi connectivity index (χ1n) is 11.4. The molecule has 1 unspecified atom stereocenters. The third-order valence-corrected chi connectivity index (χ3v) is 6.17. The maximum absolute atomic E-state index is 14.2. The predicted molar refractivity (Wildman–Crippen MR) is 136 cm³/mol. The van der Waals surface area contributed by atoms with Gasteiger partial charge in [0, 0.05) is 17.2 Å². The SMILES string of the molecule is Cc1ccc(NC(=O)Nc2cc(-c3cc(F)ccc3C(=O)O)cc3c2OCC3c2ccccc2)cc1. The quantitative estimate of drug-likeness (QED) is 0.297. The molecule has 0 radical (unpaired) electrons. The third-order valence-electron chi connectivity index (χ3n) is 6.17. The molecule has 1 aliphatic rings. The second-order valence-electron chi connectivity index (χ2n) is 8.66. The zero-order valence-corrected chi connectivity index (χ0v) is 19.4. The number of rotatable bonds is 5. The van der Waals surface area contributed by atoms with Crippen molar-refractivity contribution in [1.82, 2.24) is 0 Å². The molecule has 0 spiro atoms. The lowest BCUT2D eigenvalue weighted by Gasteiger charge is -2.16. The number of urea groups is 1. The molecule has 4 aromatic rings. The molecule has 7 heteroatoms. The number of halogens is 1. The van der Waals surface area contributed by atoms with E-state index in [-0.39, 0.29) is 17.0 Å². The molecule has 0 saturated heterocycles. The number of ether oxygens (including phenoxy) is 1. The van der Waals surface area contributed by atoms with Crippen LogP contribution in [0.5, 0.6) is 5.75 Å². The molecule has 3 N–H and O–H groups in total. The number of fused-ring (bicyclic) bond motifs is 1. The van der Waals surface area contributed by atoms with Gasteiger partial charge in [-0.3, -0.25) is 0 Å². The average molecular weight is 483 g/mol. The van der Waals surface area contributed by atoms with Crippen molar-refractivity contribution in [2.45, 2.75) is 12.8 Å². The zero-order valence-electron chi connectivity index (χ0n) is 19.4. The summed E-state index contributed by atoms with van der Waals surface area (Å²) < 4.78 is 20.2. The Labute approximate surface area is 207 Å². The number of carboxylic acids is 1. The molecule has 1 aliphatic heterocycles. The van der Waals surface area contributed by atoms with E-state index < -0.39 is 17.8 Å². The van der Waals surface area contributed by atoms with E-state index in [1.165, 1.54) is 12.1 Å². The highest BCUT2D eigenvalue weighted by Gasteiger charge is 2.30. The summed E-state index contributed by atoms with van der Waals surface area (Å²) in [6, 6.07) is 23.6. The Morgan fingerprint density at radius 2 is 1.69 bits per heavy atom. The van der Waals surface area contributed by atoms with Crippen LogP contribution in [-0.2, 0) is 0 Å². The first-order valence-corrected chi connectivity index (χ1v) is 11.4. The first kappa shape index (κ1) is 23.1. The molecule has 4 aromatic carbocycles. The van der Waals surface area contributed by atoms with Crippen molar-refractivity contribution < 1.29 is 23.8 Å². The summed E-state index contributed by atoms with van der Waals surface area (Å²) in [7, 11) is 0. The van der Waals surface area contributed by atoms with E-state index in [4.69, 9.17) is 4.74 Å². The second-order valence-corrected chi connectivity index (χ2v) is 8.66. The second kappa shape index (κ2) is 9.54. The van der Waals surface area contributed by atoms with Crippen LogP contribution in [0.3, 0.4) is 0 Å². The predicted octanol–water partition coefficient (Wildman–Crippen LogP) is 6.67. The smallest absolute Gasteiger partial charge is 0.336 e. The van der Waals surface area contributed by atoms with Gasteiger partial charge in [-0.15, -0.1) is 0 Å². The van der Waals surface area contributed by atoms with E-state index in [9.17, 15) is 19.1 Å². The van der Waals surface area contributed by atoms with Gasteiger partial charge in [0.15, 0.2) is 0 Å². The first-order chi connectivity index (χ1) is 17.4. The number of hydrogen-bond donors (Lipinski definition) is 3. The summed E-state index contributed by atoms with van der Waals surface area (Å²) in [6.07, 6.45) is 0. The van der Waals surface area contributed by atoms with Crippen LogP contribution in [0.15, 0.2) is 84.9 Å². The monoisotopic (exact) mass is 482 g/mol. The summed E-state index contributed by atoms with van der Waals surface area (Å²) in [5.41, 5.74) is 4.48. The molecular formula is C29H23FN2O4. The van der Waals surface area contributed by atoms with Crippen molar-refractivity contribution >= 4 is 23.4 Å². The van der Waals surface area contributed by atoms with Gasteiger partial charge in [-0.25, -0.2) is 14.0 Å². The molecular weight excluding hydrogens is 459 g/mol. The van der Waals surface area contributed by atoms with Gasteiger partial charge in [-0.2, -0.15) is 0 Å². The third kappa shape index (κ3) is 4.63. The van der Waals surface area contributed by atoms with E-state index in [0.29, 0.717) is 29.3 Å². The number of carbonyl (C=O) groups is 2. The molecule has 1 atom stereocenters. The number of aryl methyl sites for hydroxylation is 1. The van der Waals surface area contributed by atoms with E-state index >= 15 is 0 Å². The minimum Gasteiger partial charge on any atom is -0.490 e. The fourth-order valence-electron chi connectivity index (χ4n) is 4.40. The van der Waals surface area contributed by atoms with Crippen LogP contribution in [0.4, 0.5) is 20.6 Å². The van der Waals surface area contributed by atoms with Crippen LogP contribution in [0.1, 0.15) is 33.0 Å². The van der Waals surface area contributed by atoms with Crippen molar-refractivity contribution in [3.63, 3.8) is 0 Å². The number of carboxylic acid groups (broad SMARTS) is 1. The van der Waals surface area contributed by atoms with Gasteiger partial charge >= 0.3 is 12.0 Å². The lowest BCUT2D eigenvalue weighted by molar-refractivity contribution is 0.0697. The van der Waals surface area contributed by atoms with E-state index in [2.05, 4.69) is 10.6 Å². The highest BCUT2D eigenvalue weighted by Crippen LogP contribution is 2.46. The molecule has 2 amide bonds. The normalized spacial score (nSPS) is 14.0. The van der Waals surface area contributed by atoms with Gasteiger partial charge in [-0.05, 0) is 66.1 Å². The Bertz CT molecular complexity index is 1450. The number of carbonyl (C=O) groups excluding carboxylic acids is 1. The van der Waals surface area contributed by atoms with Crippen LogP contribution < -0.4 is 15.4 Å². The van der Waals surface area contributed by atoms with Crippen LogP contribution >= 0.6 is 0 Å². The molecule has 0 aromatic heterocycles. The lowest BCUT2D eigenvalue weighted by Crippen LogP contribution is -2.19. The Kier molecular flexibility index (Phi) is 6.12. The Hall–Kier alpha value is -4.65. The molecule has 36 heavy (non-hydrogen) atoms. The Morgan fingerprint density at radius 1 is 0.944 bits per heavy atom. The highest BCUT2D eigenvalue weighted by molar-refractivity contribution is 6.02. The lowest BCUT2D eigenvalue weighted by atomic mass is 9.89. The number of anilines is 2. The van der Waals surface area contributed by atoms with Gasteiger partial charge in [0.1, 0.15) is 11.6 Å². The topological polar surface area (TPSA) is 87.7 Å². The van der Waals surface area contributed by atoms with Gasteiger partial charge in [-0.1, -0.05) is 48.0 Å². The summed E-state index contributed by atoms with van der Waals surface area (Å²) in [6.45, 7) is 2.31.